The van der Waals surface area contributed by atoms with E-state index in [1.807, 2.05) is 0 Å². The van der Waals surface area contributed by atoms with Crippen molar-refractivity contribution in [2.24, 2.45) is 5.92 Å². The minimum absolute atomic E-state index is 0.0754. The van der Waals surface area contributed by atoms with E-state index < -0.39 is 10.7 Å². The van der Waals surface area contributed by atoms with Crippen molar-refractivity contribution in [1.29, 1.82) is 0 Å². The number of phenols is 1. The van der Waals surface area contributed by atoms with E-state index in [1.54, 1.807) is 6.07 Å². The molecule has 1 rings (SSSR count). The van der Waals surface area contributed by atoms with Gasteiger partial charge in [-0.25, -0.2) is 0 Å². The zero-order valence-corrected chi connectivity index (χ0v) is 11.6. The van der Waals surface area contributed by atoms with Crippen LogP contribution >= 0.6 is 0 Å². The van der Waals surface area contributed by atoms with Gasteiger partial charge < -0.3 is 10.8 Å². The molecule has 3 N–H and O–H groups in total. The first kappa shape index (κ1) is 15.3. The number of aromatic hydroxyl groups is 1. The predicted molar refractivity (Wildman–Crippen MR) is 76.2 cm³/mol. The minimum atomic E-state index is -0.603. The molecule has 0 aliphatic heterocycles. The van der Waals surface area contributed by atoms with Crippen LogP contribution in [0.2, 0.25) is 0 Å². The second-order valence-corrected chi connectivity index (χ2v) is 5.30. The Bertz CT molecular complexity index is 445. The van der Waals surface area contributed by atoms with E-state index in [0.29, 0.717) is 5.92 Å². The molecule has 0 radical (unpaired) electrons. The van der Waals surface area contributed by atoms with E-state index >= 15 is 0 Å². The number of nitrogens with two attached hydrogens (primary N) is 1. The van der Waals surface area contributed by atoms with Gasteiger partial charge in [0.2, 0.25) is 5.75 Å². The Morgan fingerprint density at radius 1 is 1.32 bits per heavy atom. The minimum Gasteiger partial charge on any atom is -0.501 e. The van der Waals surface area contributed by atoms with E-state index in [-0.39, 0.29) is 11.4 Å². The third kappa shape index (κ3) is 4.77. The molecule has 1 aromatic rings. The molecule has 0 saturated carbocycles. The number of aryl methyl sites for hydroxylation is 1. The highest BCUT2D eigenvalue weighted by molar-refractivity contribution is 5.64. The molecule has 0 amide bonds. The number of nitrogen functional groups attached to an aromatic ring is 1. The lowest BCUT2D eigenvalue weighted by Gasteiger charge is -2.06. The number of rotatable bonds is 7. The van der Waals surface area contributed by atoms with E-state index in [1.165, 1.54) is 18.9 Å². The van der Waals surface area contributed by atoms with Crippen LogP contribution in [0.25, 0.3) is 0 Å². The highest BCUT2D eigenvalue weighted by Gasteiger charge is 2.17. The molecule has 19 heavy (non-hydrogen) atoms. The summed E-state index contributed by atoms with van der Waals surface area (Å²) in [6.45, 7) is 4.40. The van der Waals surface area contributed by atoms with Crippen molar-refractivity contribution in [3.05, 3.63) is 27.8 Å². The molecular weight excluding hydrogens is 244 g/mol. The average molecular weight is 266 g/mol. The predicted octanol–water partition coefficient (Wildman–Crippen LogP) is 3.64. The number of anilines is 1. The fourth-order valence-corrected chi connectivity index (χ4v) is 2.04. The lowest BCUT2D eigenvalue weighted by atomic mass is 10.0. The van der Waals surface area contributed by atoms with Gasteiger partial charge in [-0.2, -0.15) is 0 Å². The molecule has 0 bridgehead atoms. The Labute approximate surface area is 113 Å². The van der Waals surface area contributed by atoms with Gasteiger partial charge in [0.1, 0.15) is 0 Å². The Kier molecular flexibility index (Phi) is 5.60. The number of phenolic OH excluding ortho intramolecular Hbond substituents is 1. The maximum Gasteiger partial charge on any atom is 0.313 e. The lowest BCUT2D eigenvalue weighted by molar-refractivity contribution is -0.385. The van der Waals surface area contributed by atoms with Gasteiger partial charge in [-0.3, -0.25) is 10.1 Å². The monoisotopic (exact) mass is 266 g/mol. The summed E-state index contributed by atoms with van der Waals surface area (Å²) < 4.78 is 0. The van der Waals surface area contributed by atoms with Gasteiger partial charge in [0, 0.05) is 6.07 Å². The van der Waals surface area contributed by atoms with Crippen molar-refractivity contribution in [3.63, 3.8) is 0 Å². The Hall–Kier alpha value is -1.78. The summed E-state index contributed by atoms with van der Waals surface area (Å²) in [4.78, 5) is 10.2. The van der Waals surface area contributed by atoms with Gasteiger partial charge in [0.25, 0.3) is 0 Å². The Balaban J connectivity index is 2.57. The van der Waals surface area contributed by atoms with Crippen molar-refractivity contribution >= 4 is 11.4 Å². The zero-order valence-electron chi connectivity index (χ0n) is 11.6. The normalized spacial score (nSPS) is 10.9. The molecule has 0 atom stereocenters. The number of nitro benzene ring substituents is 1. The molecule has 5 nitrogen and oxygen atoms in total. The number of benzene rings is 1. The molecule has 0 spiro atoms. The summed E-state index contributed by atoms with van der Waals surface area (Å²) in [5.41, 5.74) is 6.15. The van der Waals surface area contributed by atoms with Crippen LogP contribution in [0.1, 0.15) is 45.1 Å². The fraction of sp³-hybridized carbons (Fsp3) is 0.571. The van der Waals surface area contributed by atoms with Crippen LogP contribution in [0.4, 0.5) is 11.4 Å². The smallest absolute Gasteiger partial charge is 0.313 e. The van der Waals surface area contributed by atoms with Crippen LogP contribution in [-0.4, -0.2) is 10.0 Å². The van der Waals surface area contributed by atoms with Crippen LogP contribution in [0.3, 0.4) is 0 Å². The van der Waals surface area contributed by atoms with Crippen LogP contribution in [0.15, 0.2) is 12.1 Å². The van der Waals surface area contributed by atoms with Crippen molar-refractivity contribution < 1.29 is 10.0 Å². The highest BCUT2D eigenvalue weighted by atomic mass is 16.6. The van der Waals surface area contributed by atoms with Crippen LogP contribution in [0.5, 0.6) is 5.75 Å². The second-order valence-electron chi connectivity index (χ2n) is 5.30. The number of hydrogen-bond donors (Lipinski definition) is 2. The van der Waals surface area contributed by atoms with E-state index in [9.17, 15) is 15.2 Å². The van der Waals surface area contributed by atoms with E-state index in [0.717, 1.165) is 24.8 Å². The van der Waals surface area contributed by atoms with E-state index in [2.05, 4.69) is 13.8 Å². The van der Waals surface area contributed by atoms with Crippen LogP contribution in [-0.2, 0) is 6.42 Å². The summed E-state index contributed by atoms with van der Waals surface area (Å²) in [6, 6.07) is 3.03. The zero-order chi connectivity index (χ0) is 14.4. The Morgan fingerprint density at radius 3 is 2.58 bits per heavy atom. The first-order chi connectivity index (χ1) is 8.91. The fourth-order valence-electron chi connectivity index (χ4n) is 2.04. The van der Waals surface area contributed by atoms with E-state index in [4.69, 9.17) is 5.73 Å². The summed E-state index contributed by atoms with van der Waals surface area (Å²) in [7, 11) is 0. The topological polar surface area (TPSA) is 89.4 Å². The standard InChI is InChI=1S/C14H22N2O3/c1-10(2)6-4-3-5-7-11-8-12(15)14(17)13(9-11)16(18)19/h8-10,17H,3-7,15H2,1-2H3. The summed E-state index contributed by atoms with van der Waals surface area (Å²) in [5, 5.41) is 20.3. The average Bonchev–Trinajstić information content (AvgIpc) is 2.32. The first-order valence-corrected chi connectivity index (χ1v) is 6.67. The van der Waals surface area contributed by atoms with Gasteiger partial charge in [0.15, 0.2) is 0 Å². The largest absolute Gasteiger partial charge is 0.501 e. The molecule has 0 unspecified atom stereocenters. The molecule has 0 aromatic heterocycles. The van der Waals surface area contributed by atoms with Crippen molar-refractivity contribution in [3.8, 4) is 5.75 Å². The summed E-state index contributed by atoms with van der Waals surface area (Å²) in [5.74, 6) is 0.277. The van der Waals surface area contributed by atoms with Gasteiger partial charge in [-0.15, -0.1) is 0 Å². The van der Waals surface area contributed by atoms with Gasteiger partial charge in [-0.1, -0.05) is 33.1 Å². The first-order valence-electron chi connectivity index (χ1n) is 6.67. The van der Waals surface area contributed by atoms with Gasteiger partial charge in [-0.05, 0) is 30.4 Å². The quantitative estimate of drug-likeness (QED) is 0.259. The number of nitrogens with zero attached hydrogens (tertiary/aromatic N) is 1. The molecule has 1 aromatic carbocycles. The van der Waals surface area contributed by atoms with Crippen molar-refractivity contribution in [1.82, 2.24) is 0 Å². The number of unbranched alkanes of at least 4 members (excludes halogenated alkanes) is 2. The summed E-state index contributed by atoms with van der Waals surface area (Å²) in [6.07, 6.45) is 5.22. The molecule has 0 heterocycles. The maximum atomic E-state index is 10.8. The number of nitro groups is 1. The van der Waals surface area contributed by atoms with Gasteiger partial charge in [0.05, 0.1) is 10.6 Å². The lowest BCUT2D eigenvalue weighted by Crippen LogP contribution is -1.97. The molecule has 0 aliphatic carbocycles. The molecule has 0 aliphatic rings. The third-order valence-electron chi connectivity index (χ3n) is 3.12. The maximum absolute atomic E-state index is 10.8. The molecule has 106 valence electrons. The third-order valence-corrected chi connectivity index (χ3v) is 3.12. The SMILES string of the molecule is CC(C)CCCCCc1cc(N)c(O)c([N+](=O)[O-])c1. The van der Waals surface area contributed by atoms with Crippen LogP contribution < -0.4 is 5.73 Å². The van der Waals surface area contributed by atoms with Crippen molar-refractivity contribution in [2.45, 2.75) is 46.0 Å². The Morgan fingerprint density at radius 2 is 2.00 bits per heavy atom. The molecule has 0 saturated heterocycles. The second kappa shape index (κ2) is 6.97. The molecule has 0 fully saturated rings. The van der Waals surface area contributed by atoms with Crippen LogP contribution in [0, 0.1) is 16.0 Å². The molecule has 5 heteroatoms. The number of hydrogen-bond acceptors (Lipinski definition) is 4. The van der Waals surface area contributed by atoms with Gasteiger partial charge >= 0.3 is 5.69 Å². The summed E-state index contributed by atoms with van der Waals surface area (Å²) >= 11 is 0. The van der Waals surface area contributed by atoms with Crippen molar-refractivity contribution in [2.75, 3.05) is 5.73 Å². The molecular formula is C14H22N2O3. The highest BCUT2D eigenvalue weighted by Crippen LogP contribution is 2.33.